The van der Waals surface area contributed by atoms with Gasteiger partial charge in [0.1, 0.15) is 11.9 Å². The van der Waals surface area contributed by atoms with Gasteiger partial charge < -0.3 is 14.6 Å². The number of aryl methyl sites for hydroxylation is 2. The maximum Gasteiger partial charge on any atom is 0.336 e. The quantitative estimate of drug-likeness (QED) is 0.428. The topological polar surface area (TPSA) is 68.7 Å². The van der Waals surface area contributed by atoms with Crippen molar-refractivity contribution in [2.24, 2.45) is 0 Å². The SMILES string of the molecule is Cc1c(-c2cc(C(=O)O)c3c(OC4CCOCC4)ccc(C)c3n2)sc2ccccc12. The summed E-state index contributed by atoms with van der Waals surface area (Å²) in [6, 6.07) is 13.7. The number of ether oxygens (including phenoxy) is 2. The summed E-state index contributed by atoms with van der Waals surface area (Å²) in [7, 11) is 0. The van der Waals surface area contributed by atoms with E-state index in [2.05, 4.69) is 19.1 Å². The van der Waals surface area contributed by atoms with E-state index in [0.29, 0.717) is 35.6 Å². The molecule has 5 rings (SSSR count). The Balaban J connectivity index is 1.71. The molecule has 0 bridgehead atoms. The second-order valence-corrected chi connectivity index (χ2v) is 9.00. The highest BCUT2D eigenvalue weighted by atomic mass is 32.1. The molecule has 2 aromatic carbocycles. The van der Waals surface area contributed by atoms with Gasteiger partial charge in [0.2, 0.25) is 0 Å². The van der Waals surface area contributed by atoms with Crippen LogP contribution in [0.2, 0.25) is 0 Å². The van der Waals surface area contributed by atoms with E-state index >= 15 is 0 Å². The van der Waals surface area contributed by atoms with Gasteiger partial charge in [-0.25, -0.2) is 9.78 Å². The number of nitrogens with zero attached hydrogens (tertiary/aromatic N) is 1. The summed E-state index contributed by atoms with van der Waals surface area (Å²) in [4.78, 5) is 18.3. The monoisotopic (exact) mass is 433 g/mol. The molecule has 3 heterocycles. The van der Waals surface area contributed by atoms with Crippen molar-refractivity contribution in [3.8, 4) is 16.3 Å². The predicted octanol–water partition coefficient (Wildman–Crippen LogP) is 5.99. The minimum Gasteiger partial charge on any atom is -0.490 e. The molecule has 5 nitrogen and oxygen atoms in total. The van der Waals surface area contributed by atoms with E-state index in [9.17, 15) is 9.90 Å². The highest BCUT2D eigenvalue weighted by Gasteiger charge is 2.23. The van der Waals surface area contributed by atoms with E-state index in [1.807, 2.05) is 31.2 Å². The highest BCUT2D eigenvalue weighted by molar-refractivity contribution is 7.22. The van der Waals surface area contributed by atoms with Crippen LogP contribution in [-0.2, 0) is 4.74 Å². The van der Waals surface area contributed by atoms with Crippen molar-refractivity contribution in [3.63, 3.8) is 0 Å². The third-order valence-electron chi connectivity index (χ3n) is 5.89. The Morgan fingerprint density at radius 1 is 1.16 bits per heavy atom. The number of thiophene rings is 1. The number of carboxylic acid groups (broad SMARTS) is 1. The van der Waals surface area contributed by atoms with Crippen LogP contribution in [0.3, 0.4) is 0 Å². The maximum atomic E-state index is 12.3. The van der Waals surface area contributed by atoms with E-state index < -0.39 is 5.97 Å². The number of fused-ring (bicyclic) bond motifs is 2. The zero-order valence-electron chi connectivity index (χ0n) is 17.5. The Morgan fingerprint density at radius 2 is 1.94 bits per heavy atom. The summed E-state index contributed by atoms with van der Waals surface area (Å²) in [6.07, 6.45) is 1.61. The Hall–Kier alpha value is -2.96. The van der Waals surface area contributed by atoms with Gasteiger partial charge in [-0.15, -0.1) is 11.3 Å². The second-order valence-electron chi connectivity index (χ2n) is 7.95. The van der Waals surface area contributed by atoms with Crippen LogP contribution in [-0.4, -0.2) is 35.4 Å². The van der Waals surface area contributed by atoms with Crippen LogP contribution >= 0.6 is 11.3 Å². The first kappa shape index (κ1) is 20.0. The molecule has 0 atom stereocenters. The van der Waals surface area contributed by atoms with Gasteiger partial charge in [0.05, 0.1) is 40.3 Å². The normalized spacial score (nSPS) is 14.9. The van der Waals surface area contributed by atoms with Crippen molar-refractivity contribution >= 4 is 38.3 Å². The molecule has 0 aliphatic carbocycles. The molecule has 158 valence electrons. The van der Waals surface area contributed by atoms with Crippen molar-refractivity contribution < 1.29 is 19.4 Å². The van der Waals surface area contributed by atoms with Crippen molar-refractivity contribution in [1.82, 2.24) is 4.98 Å². The molecule has 0 saturated carbocycles. The number of hydrogen-bond donors (Lipinski definition) is 1. The van der Waals surface area contributed by atoms with Gasteiger partial charge in [-0.05, 0) is 48.6 Å². The van der Waals surface area contributed by atoms with Crippen LogP contribution in [0, 0.1) is 13.8 Å². The van der Waals surface area contributed by atoms with Crippen LogP contribution < -0.4 is 4.74 Å². The van der Waals surface area contributed by atoms with Gasteiger partial charge in [-0.1, -0.05) is 24.3 Å². The van der Waals surface area contributed by atoms with Crippen LogP contribution in [0.5, 0.6) is 5.75 Å². The zero-order valence-corrected chi connectivity index (χ0v) is 18.3. The van der Waals surface area contributed by atoms with Crippen molar-refractivity contribution in [3.05, 3.63) is 59.2 Å². The lowest BCUT2D eigenvalue weighted by Gasteiger charge is -2.24. The first-order chi connectivity index (χ1) is 15.0. The lowest BCUT2D eigenvalue weighted by Crippen LogP contribution is -2.26. The molecule has 6 heteroatoms. The number of aromatic carboxylic acids is 1. The van der Waals surface area contributed by atoms with Gasteiger partial charge in [-0.3, -0.25) is 0 Å². The van der Waals surface area contributed by atoms with Gasteiger partial charge in [-0.2, -0.15) is 0 Å². The molecule has 0 amide bonds. The molecule has 0 spiro atoms. The van der Waals surface area contributed by atoms with E-state index in [1.165, 1.54) is 10.1 Å². The van der Waals surface area contributed by atoms with Gasteiger partial charge in [0, 0.05) is 17.5 Å². The molecule has 31 heavy (non-hydrogen) atoms. The summed E-state index contributed by atoms with van der Waals surface area (Å²) >= 11 is 1.64. The summed E-state index contributed by atoms with van der Waals surface area (Å²) in [6.45, 7) is 5.35. The lowest BCUT2D eigenvalue weighted by atomic mass is 10.0. The summed E-state index contributed by atoms with van der Waals surface area (Å²) in [5.41, 5.74) is 3.64. The van der Waals surface area contributed by atoms with E-state index in [1.54, 1.807) is 17.4 Å². The van der Waals surface area contributed by atoms with Crippen LogP contribution in [0.1, 0.15) is 34.3 Å². The fourth-order valence-electron chi connectivity index (χ4n) is 4.22. The fourth-order valence-corrected chi connectivity index (χ4v) is 5.39. The molecular formula is C25H23NO4S. The molecule has 2 aromatic heterocycles. The molecule has 1 N–H and O–H groups in total. The van der Waals surface area contributed by atoms with Gasteiger partial charge in [0.25, 0.3) is 0 Å². The predicted molar refractivity (Wildman–Crippen MR) is 123 cm³/mol. The lowest BCUT2D eigenvalue weighted by molar-refractivity contribution is 0.0261. The minimum atomic E-state index is -0.977. The Labute approximate surface area is 184 Å². The van der Waals surface area contributed by atoms with Crippen LogP contribution in [0.15, 0.2) is 42.5 Å². The zero-order chi connectivity index (χ0) is 21.5. The molecule has 1 saturated heterocycles. The molecule has 1 aliphatic heterocycles. The largest absolute Gasteiger partial charge is 0.490 e. The summed E-state index contributed by atoms with van der Waals surface area (Å²) in [5, 5.41) is 11.8. The average Bonchev–Trinajstić information content (AvgIpc) is 3.12. The van der Waals surface area contributed by atoms with Crippen LogP contribution in [0.4, 0.5) is 0 Å². The standard InChI is InChI=1S/C25H23NO4S/c1-14-7-8-20(30-16-9-11-29-12-10-16)22-18(25(27)28)13-19(26-23(14)22)24-15(2)17-5-3-4-6-21(17)31-24/h3-8,13,16H,9-12H2,1-2H3,(H,27,28). The Bertz CT molecular complexity index is 1300. The molecule has 4 aromatic rings. The third-order valence-corrected chi connectivity index (χ3v) is 7.19. The number of hydrogen-bond acceptors (Lipinski definition) is 5. The Kier molecular flexibility index (Phi) is 5.12. The van der Waals surface area contributed by atoms with E-state index in [0.717, 1.165) is 28.8 Å². The van der Waals surface area contributed by atoms with Crippen molar-refractivity contribution in [2.45, 2.75) is 32.8 Å². The summed E-state index contributed by atoms with van der Waals surface area (Å²) < 4.78 is 12.8. The number of pyridine rings is 1. The number of rotatable bonds is 4. The highest BCUT2D eigenvalue weighted by Crippen LogP contribution is 2.40. The Morgan fingerprint density at radius 3 is 2.68 bits per heavy atom. The van der Waals surface area contributed by atoms with Gasteiger partial charge in [0.15, 0.2) is 0 Å². The van der Waals surface area contributed by atoms with Crippen LogP contribution in [0.25, 0.3) is 31.6 Å². The maximum absolute atomic E-state index is 12.3. The minimum absolute atomic E-state index is 0.0193. The first-order valence-corrected chi connectivity index (χ1v) is 11.2. The second kappa shape index (κ2) is 7.94. The number of carboxylic acids is 1. The van der Waals surface area contributed by atoms with Gasteiger partial charge >= 0.3 is 5.97 Å². The smallest absolute Gasteiger partial charge is 0.336 e. The van der Waals surface area contributed by atoms with E-state index in [-0.39, 0.29) is 11.7 Å². The van der Waals surface area contributed by atoms with Crippen molar-refractivity contribution in [2.75, 3.05) is 13.2 Å². The first-order valence-electron chi connectivity index (χ1n) is 10.4. The summed E-state index contributed by atoms with van der Waals surface area (Å²) in [5.74, 6) is -0.396. The number of carbonyl (C=O) groups is 1. The molecule has 1 fully saturated rings. The fraction of sp³-hybridized carbons (Fsp3) is 0.280. The molecular weight excluding hydrogens is 410 g/mol. The average molecular weight is 434 g/mol. The number of aromatic nitrogens is 1. The number of benzene rings is 2. The molecule has 0 radical (unpaired) electrons. The van der Waals surface area contributed by atoms with Crippen molar-refractivity contribution in [1.29, 1.82) is 0 Å². The molecule has 1 aliphatic rings. The molecule has 0 unspecified atom stereocenters. The third kappa shape index (κ3) is 3.56. The van der Waals surface area contributed by atoms with E-state index in [4.69, 9.17) is 14.5 Å².